The Labute approximate surface area is 148 Å². The molecule has 0 aliphatic carbocycles. The van der Waals surface area contributed by atoms with E-state index < -0.39 is 0 Å². The van der Waals surface area contributed by atoms with Gasteiger partial charge in [0.05, 0.1) is 0 Å². The van der Waals surface area contributed by atoms with Crippen LogP contribution in [0.4, 0.5) is 0 Å². The lowest BCUT2D eigenvalue weighted by atomic mass is 10.0. The average molecular weight is 333 g/mol. The predicted octanol–water partition coefficient (Wildman–Crippen LogP) is 2.43. The molecule has 5 N–H and O–H groups in total. The molecule has 0 radical (unpaired) electrons. The number of nitrogens with two attached hydrogens (primary N) is 2. The van der Waals surface area contributed by atoms with E-state index in [2.05, 4.69) is 39.6 Å². The maximum atomic E-state index is 6.34. The SMILES string of the molecule is NC[C@@H](NCC(N)c1ccc(-c2cncnc2)cc1)c1ccccc1. The minimum Gasteiger partial charge on any atom is -0.329 e. The number of hydrogen-bond donors (Lipinski definition) is 3. The van der Waals surface area contributed by atoms with E-state index in [4.69, 9.17) is 11.5 Å². The molecule has 0 saturated carbocycles. The van der Waals surface area contributed by atoms with E-state index >= 15 is 0 Å². The zero-order chi connectivity index (χ0) is 17.5. The Kier molecular flexibility index (Phi) is 5.85. The van der Waals surface area contributed by atoms with Crippen LogP contribution in [0.3, 0.4) is 0 Å². The van der Waals surface area contributed by atoms with Gasteiger partial charge in [-0.3, -0.25) is 0 Å². The number of rotatable bonds is 7. The minimum absolute atomic E-state index is 0.0983. The van der Waals surface area contributed by atoms with Crippen molar-refractivity contribution in [3.8, 4) is 11.1 Å². The van der Waals surface area contributed by atoms with Crippen LogP contribution in [0.15, 0.2) is 73.3 Å². The van der Waals surface area contributed by atoms with Gasteiger partial charge in [-0.15, -0.1) is 0 Å². The Morgan fingerprint density at radius 3 is 2.16 bits per heavy atom. The van der Waals surface area contributed by atoms with E-state index in [9.17, 15) is 0 Å². The van der Waals surface area contributed by atoms with Crippen LogP contribution >= 0.6 is 0 Å². The molecule has 0 spiro atoms. The number of benzene rings is 2. The van der Waals surface area contributed by atoms with Crippen molar-refractivity contribution in [3.05, 3.63) is 84.4 Å². The van der Waals surface area contributed by atoms with Crippen molar-refractivity contribution in [1.82, 2.24) is 15.3 Å². The summed E-state index contributed by atoms with van der Waals surface area (Å²) in [4.78, 5) is 8.10. The molecule has 3 rings (SSSR count). The molecular weight excluding hydrogens is 310 g/mol. The van der Waals surface area contributed by atoms with Gasteiger partial charge in [-0.05, 0) is 16.7 Å². The Balaban J connectivity index is 1.62. The molecule has 2 aromatic carbocycles. The summed E-state index contributed by atoms with van der Waals surface area (Å²) < 4.78 is 0. The first kappa shape index (κ1) is 17.2. The molecular formula is C20H23N5. The zero-order valence-corrected chi connectivity index (χ0v) is 14.0. The van der Waals surface area contributed by atoms with Crippen molar-refractivity contribution in [2.75, 3.05) is 13.1 Å². The van der Waals surface area contributed by atoms with Gasteiger partial charge in [0.2, 0.25) is 0 Å². The first-order valence-corrected chi connectivity index (χ1v) is 8.37. The fourth-order valence-corrected chi connectivity index (χ4v) is 2.78. The molecule has 2 atom stereocenters. The van der Waals surface area contributed by atoms with Gasteiger partial charge in [-0.2, -0.15) is 0 Å². The highest BCUT2D eigenvalue weighted by Crippen LogP contribution is 2.20. The normalized spacial score (nSPS) is 13.4. The third kappa shape index (κ3) is 4.48. The third-order valence-corrected chi connectivity index (χ3v) is 4.25. The van der Waals surface area contributed by atoms with Crippen molar-refractivity contribution in [1.29, 1.82) is 0 Å². The van der Waals surface area contributed by atoms with Crippen molar-refractivity contribution < 1.29 is 0 Å². The number of nitrogens with zero attached hydrogens (tertiary/aromatic N) is 2. The van der Waals surface area contributed by atoms with E-state index in [1.165, 1.54) is 11.9 Å². The molecule has 0 saturated heterocycles. The summed E-state index contributed by atoms with van der Waals surface area (Å²) in [5, 5.41) is 3.46. The van der Waals surface area contributed by atoms with Crippen LogP contribution in [0.25, 0.3) is 11.1 Å². The zero-order valence-electron chi connectivity index (χ0n) is 14.0. The molecule has 0 bridgehead atoms. The molecule has 5 nitrogen and oxygen atoms in total. The predicted molar refractivity (Wildman–Crippen MR) is 101 cm³/mol. The van der Waals surface area contributed by atoms with Crippen LogP contribution in [-0.4, -0.2) is 23.1 Å². The maximum absolute atomic E-state index is 6.34. The topological polar surface area (TPSA) is 89.8 Å². The van der Waals surface area contributed by atoms with E-state index in [0.29, 0.717) is 13.1 Å². The molecule has 5 heteroatoms. The average Bonchev–Trinajstić information content (AvgIpc) is 2.70. The van der Waals surface area contributed by atoms with Gasteiger partial charge in [-0.1, -0.05) is 54.6 Å². The minimum atomic E-state index is -0.0983. The van der Waals surface area contributed by atoms with Crippen LogP contribution in [0.2, 0.25) is 0 Å². The Morgan fingerprint density at radius 2 is 1.52 bits per heavy atom. The van der Waals surface area contributed by atoms with Crippen molar-refractivity contribution in [2.24, 2.45) is 11.5 Å². The lowest BCUT2D eigenvalue weighted by molar-refractivity contribution is 0.505. The highest BCUT2D eigenvalue weighted by atomic mass is 15.0. The monoisotopic (exact) mass is 333 g/mol. The first-order valence-electron chi connectivity index (χ1n) is 8.37. The van der Waals surface area contributed by atoms with E-state index in [1.54, 1.807) is 12.4 Å². The molecule has 3 aromatic rings. The number of hydrogen-bond acceptors (Lipinski definition) is 5. The highest BCUT2D eigenvalue weighted by molar-refractivity contribution is 5.61. The second-order valence-corrected chi connectivity index (χ2v) is 5.96. The maximum Gasteiger partial charge on any atom is 0.115 e. The molecule has 0 fully saturated rings. The lowest BCUT2D eigenvalue weighted by Crippen LogP contribution is -2.34. The Bertz CT molecular complexity index is 759. The van der Waals surface area contributed by atoms with Gasteiger partial charge in [-0.25, -0.2) is 9.97 Å². The van der Waals surface area contributed by atoms with E-state index in [1.807, 2.05) is 30.3 Å². The van der Waals surface area contributed by atoms with Gasteiger partial charge in [0.15, 0.2) is 0 Å². The highest BCUT2D eigenvalue weighted by Gasteiger charge is 2.12. The molecule has 0 aliphatic rings. The largest absolute Gasteiger partial charge is 0.329 e. The lowest BCUT2D eigenvalue weighted by Gasteiger charge is -2.20. The van der Waals surface area contributed by atoms with Crippen LogP contribution in [0, 0.1) is 0 Å². The number of aromatic nitrogens is 2. The molecule has 1 heterocycles. The molecule has 1 unspecified atom stereocenters. The van der Waals surface area contributed by atoms with Crippen molar-refractivity contribution in [3.63, 3.8) is 0 Å². The summed E-state index contributed by atoms with van der Waals surface area (Å²) in [5.41, 5.74) is 16.6. The molecule has 128 valence electrons. The molecule has 0 amide bonds. The van der Waals surface area contributed by atoms with Crippen LogP contribution in [0.5, 0.6) is 0 Å². The van der Waals surface area contributed by atoms with Gasteiger partial charge in [0.25, 0.3) is 0 Å². The first-order chi connectivity index (χ1) is 12.3. The standard InChI is InChI=1S/C20H23N5/c21-10-20(17-4-2-1-3-5-17)25-13-19(22)16-8-6-15(7-9-16)18-11-23-14-24-12-18/h1-9,11-12,14,19-20,25H,10,13,21-22H2/t19?,20-/m1/s1. The summed E-state index contributed by atoms with van der Waals surface area (Å²) in [5.74, 6) is 0. The van der Waals surface area contributed by atoms with Gasteiger partial charge in [0, 0.05) is 43.1 Å². The molecule has 25 heavy (non-hydrogen) atoms. The molecule has 0 aliphatic heterocycles. The van der Waals surface area contributed by atoms with Crippen molar-refractivity contribution in [2.45, 2.75) is 12.1 Å². The Hall–Kier alpha value is -2.60. The summed E-state index contributed by atoms with van der Waals surface area (Å²) in [7, 11) is 0. The van der Waals surface area contributed by atoms with Crippen LogP contribution in [0.1, 0.15) is 23.2 Å². The fourth-order valence-electron chi connectivity index (χ4n) is 2.78. The summed E-state index contributed by atoms with van der Waals surface area (Å²) in [6.07, 6.45) is 5.13. The van der Waals surface area contributed by atoms with Crippen molar-refractivity contribution >= 4 is 0 Å². The van der Waals surface area contributed by atoms with Gasteiger partial charge in [0.1, 0.15) is 6.33 Å². The summed E-state index contributed by atoms with van der Waals surface area (Å²) in [6, 6.07) is 18.4. The van der Waals surface area contributed by atoms with E-state index in [0.717, 1.165) is 16.7 Å². The molecule has 1 aromatic heterocycles. The third-order valence-electron chi connectivity index (χ3n) is 4.25. The fraction of sp³-hybridized carbons (Fsp3) is 0.200. The van der Waals surface area contributed by atoms with Crippen LogP contribution < -0.4 is 16.8 Å². The van der Waals surface area contributed by atoms with E-state index in [-0.39, 0.29) is 12.1 Å². The second kappa shape index (κ2) is 8.48. The van der Waals surface area contributed by atoms with Gasteiger partial charge >= 0.3 is 0 Å². The summed E-state index contributed by atoms with van der Waals surface area (Å²) >= 11 is 0. The smallest absolute Gasteiger partial charge is 0.115 e. The van der Waals surface area contributed by atoms with Gasteiger partial charge < -0.3 is 16.8 Å². The second-order valence-electron chi connectivity index (χ2n) is 5.96. The Morgan fingerprint density at radius 1 is 0.840 bits per heavy atom. The number of nitrogens with one attached hydrogen (secondary N) is 1. The summed E-state index contributed by atoms with van der Waals surface area (Å²) in [6.45, 7) is 1.19. The quantitative estimate of drug-likeness (QED) is 0.618. The van der Waals surface area contributed by atoms with Crippen LogP contribution in [-0.2, 0) is 0 Å².